The van der Waals surface area contributed by atoms with E-state index < -0.39 is 12.7 Å². The molecule has 0 atom stereocenters. The van der Waals surface area contributed by atoms with Gasteiger partial charge >= 0.3 is 6.18 Å². The van der Waals surface area contributed by atoms with Crippen LogP contribution < -0.4 is 4.57 Å². The van der Waals surface area contributed by atoms with Crippen molar-refractivity contribution in [3.05, 3.63) is 5.82 Å². The molecule has 1 rings (SSSR count). The Balaban J connectivity index is 2.97. The summed E-state index contributed by atoms with van der Waals surface area (Å²) >= 11 is 4.71. The van der Waals surface area contributed by atoms with E-state index in [0.29, 0.717) is 5.82 Å². The molecule has 0 aliphatic carbocycles. The Morgan fingerprint density at radius 1 is 1.54 bits per heavy atom. The van der Waals surface area contributed by atoms with Crippen LogP contribution in [0, 0.1) is 6.92 Å². The summed E-state index contributed by atoms with van der Waals surface area (Å²) < 4.78 is 38.2. The summed E-state index contributed by atoms with van der Waals surface area (Å²) in [5.41, 5.74) is 0. The molecule has 1 aromatic rings. The van der Waals surface area contributed by atoms with E-state index in [-0.39, 0.29) is 5.16 Å². The highest BCUT2D eigenvalue weighted by Gasteiger charge is 2.33. The second kappa shape index (κ2) is 3.13. The fourth-order valence-electron chi connectivity index (χ4n) is 0.874. The summed E-state index contributed by atoms with van der Waals surface area (Å²) in [5.74, 6) is 0.391. The molecule has 0 radical (unpaired) electrons. The molecule has 0 spiro atoms. The van der Waals surface area contributed by atoms with Gasteiger partial charge in [-0.2, -0.15) is 13.2 Å². The highest BCUT2D eigenvalue weighted by molar-refractivity contribution is 7.58. The Kier molecular flexibility index (Phi) is 2.47. The van der Waals surface area contributed by atoms with Crippen LogP contribution in [-0.4, -0.2) is 16.0 Å². The lowest BCUT2D eigenvalue weighted by Crippen LogP contribution is -2.33. The van der Waals surface area contributed by atoms with Gasteiger partial charge in [0.1, 0.15) is 0 Å². The van der Waals surface area contributed by atoms with Gasteiger partial charge in [-0.25, -0.2) is 0 Å². The quantitative estimate of drug-likeness (QED) is 0.498. The van der Waals surface area contributed by atoms with E-state index in [1.807, 2.05) is 0 Å². The summed E-state index contributed by atoms with van der Waals surface area (Å²) in [6.07, 6.45) is -4.26. The Hall–Kier alpha value is -0.850. The molecule has 1 heterocycles. The van der Waals surface area contributed by atoms with E-state index in [2.05, 4.69) is 5.10 Å². The largest absolute Gasteiger partial charge is 0.703 e. The fraction of sp³-hybridized carbons (Fsp3) is 0.667. The normalized spacial score (nSPS) is 12.1. The average Bonchev–Trinajstić information content (AvgIpc) is 2.15. The first-order valence-electron chi connectivity index (χ1n) is 3.48. The average molecular weight is 211 g/mol. The first-order chi connectivity index (χ1) is 5.81. The van der Waals surface area contributed by atoms with Crippen molar-refractivity contribution in [2.24, 2.45) is 7.05 Å². The molecule has 0 N–H and O–H groups in total. The van der Waals surface area contributed by atoms with Crippen molar-refractivity contribution in [1.29, 1.82) is 0 Å². The molecule has 0 amide bonds. The molecule has 1 aromatic heterocycles. The third kappa shape index (κ3) is 2.30. The van der Waals surface area contributed by atoms with Crippen LogP contribution in [0.5, 0.6) is 0 Å². The molecule has 13 heavy (non-hydrogen) atoms. The van der Waals surface area contributed by atoms with Crippen molar-refractivity contribution < 1.29 is 17.7 Å². The number of alkyl halides is 3. The third-order valence-electron chi connectivity index (χ3n) is 1.68. The second-order valence-electron chi connectivity index (χ2n) is 2.66. The summed E-state index contributed by atoms with van der Waals surface area (Å²) in [7, 11) is 1.58. The smallest absolute Gasteiger partial charge is 0.422 e. The van der Waals surface area contributed by atoms with Crippen LogP contribution in [0.1, 0.15) is 5.82 Å². The van der Waals surface area contributed by atoms with Crippen molar-refractivity contribution in [2.75, 3.05) is 0 Å². The number of aromatic nitrogens is 3. The maximum absolute atomic E-state index is 12.0. The van der Waals surface area contributed by atoms with E-state index >= 15 is 0 Å². The molecule has 74 valence electrons. The minimum atomic E-state index is -4.26. The zero-order valence-corrected chi connectivity index (χ0v) is 7.91. The van der Waals surface area contributed by atoms with Crippen molar-refractivity contribution in [3.8, 4) is 0 Å². The van der Waals surface area contributed by atoms with E-state index in [4.69, 9.17) is 12.6 Å². The predicted molar refractivity (Wildman–Crippen MR) is 39.8 cm³/mol. The number of hydrogen-bond donors (Lipinski definition) is 0. The summed E-state index contributed by atoms with van der Waals surface area (Å²) in [6, 6.07) is 0. The zero-order chi connectivity index (χ0) is 10.2. The highest BCUT2D eigenvalue weighted by Crippen LogP contribution is 2.17. The first kappa shape index (κ1) is 10.2. The second-order valence-corrected chi connectivity index (χ2v) is 3.03. The van der Waals surface area contributed by atoms with Gasteiger partial charge in [-0.3, -0.25) is 4.57 Å². The highest BCUT2D eigenvalue weighted by atomic mass is 32.1. The van der Waals surface area contributed by atoms with Gasteiger partial charge in [-0.15, -0.1) is 4.68 Å². The number of halogens is 3. The van der Waals surface area contributed by atoms with Crippen molar-refractivity contribution in [2.45, 2.75) is 24.8 Å². The van der Waals surface area contributed by atoms with Crippen molar-refractivity contribution >= 4 is 12.6 Å². The third-order valence-corrected chi connectivity index (χ3v) is 2.04. The van der Waals surface area contributed by atoms with Gasteiger partial charge in [-0.1, -0.05) is 0 Å². The van der Waals surface area contributed by atoms with Gasteiger partial charge in [0.15, 0.2) is 11.7 Å². The molecule has 0 aliphatic heterocycles. The van der Waals surface area contributed by atoms with Crippen LogP contribution in [0.4, 0.5) is 13.2 Å². The van der Waals surface area contributed by atoms with E-state index in [0.717, 1.165) is 4.68 Å². The molecule has 0 aromatic carbocycles. The summed E-state index contributed by atoms with van der Waals surface area (Å²) in [6.45, 7) is 0.442. The van der Waals surface area contributed by atoms with Gasteiger partial charge in [0.2, 0.25) is 5.82 Å². The lowest BCUT2D eigenvalue weighted by atomic mass is 10.6. The van der Waals surface area contributed by atoms with E-state index in [9.17, 15) is 13.2 Å². The Morgan fingerprint density at radius 2 is 2.08 bits per heavy atom. The molecule has 0 bridgehead atoms. The fourth-order valence-corrected chi connectivity index (χ4v) is 1.10. The standard InChI is InChI=1S/C6H8F3N3S/c1-4-11(2)5(13)10-12(4)3-6(7,8)9/h3H2,1-2H3. The van der Waals surface area contributed by atoms with Gasteiger partial charge in [0.05, 0.1) is 7.05 Å². The SMILES string of the molecule is Cc1n(CC(F)(F)F)nc([S-])[n+]1C. The minimum Gasteiger partial charge on any atom is -0.703 e. The Labute approximate surface area is 78.6 Å². The number of nitrogens with zero attached hydrogens (tertiary/aromatic N) is 3. The monoisotopic (exact) mass is 211 g/mol. The maximum atomic E-state index is 12.0. The van der Waals surface area contributed by atoms with Gasteiger partial charge in [0, 0.05) is 12.0 Å². The zero-order valence-electron chi connectivity index (χ0n) is 7.09. The van der Waals surface area contributed by atoms with Gasteiger partial charge in [-0.05, 0) is 0 Å². The van der Waals surface area contributed by atoms with Gasteiger partial charge < -0.3 is 12.6 Å². The number of hydrogen-bond acceptors (Lipinski definition) is 2. The molecule has 0 saturated carbocycles. The lowest BCUT2D eigenvalue weighted by molar-refractivity contribution is -0.715. The molecule has 0 aliphatic rings. The number of rotatable bonds is 1. The minimum absolute atomic E-state index is 0.154. The summed E-state index contributed by atoms with van der Waals surface area (Å²) in [4.78, 5) is 0. The predicted octanol–water partition coefficient (Wildman–Crippen LogP) is 0.484. The Morgan fingerprint density at radius 3 is 2.38 bits per heavy atom. The molecule has 0 saturated heterocycles. The van der Waals surface area contributed by atoms with Crippen LogP contribution in [0.3, 0.4) is 0 Å². The molecule has 3 nitrogen and oxygen atoms in total. The van der Waals surface area contributed by atoms with E-state index in [1.165, 1.54) is 11.5 Å². The van der Waals surface area contributed by atoms with Crippen LogP contribution in [0.15, 0.2) is 5.16 Å². The molecule has 0 unspecified atom stereocenters. The van der Waals surface area contributed by atoms with Crippen LogP contribution >= 0.6 is 0 Å². The van der Waals surface area contributed by atoms with Crippen LogP contribution in [-0.2, 0) is 26.2 Å². The molecular weight excluding hydrogens is 203 g/mol. The van der Waals surface area contributed by atoms with Crippen LogP contribution in [0.2, 0.25) is 0 Å². The molecular formula is C6H8F3N3S. The van der Waals surface area contributed by atoms with Crippen molar-refractivity contribution in [3.63, 3.8) is 0 Å². The summed E-state index contributed by atoms with van der Waals surface area (Å²) in [5, 5.41) is 3.72. The van der Waals surface area contributed by atoms with Crippen molar-refractivity contribution in [1.82, 2.24) is 9.78 Å². The maximum Gasteiger partial charge on any atom is 0.422 e. The van der Waals surface area contributed by atoms with Gasteiger partial charge in [0.25, 0.3) is 0 Å². The molecule has 0 fully saturated rings. The first-order valence-corrected chi connectivity index (χ1v) is 3.89. The molecule has 7 heteroatoms. The lowest BCUT2D eigenvalue weighted by Gasteiger charge is -2.01. The van der Waals surface area contributed by atoms with E-state index in [1.54, 1.807) is 7.05 Å². The Bertz CT molecular complexity index is 318. The van der Waals surface area contributed by atoms with Crippen LogP contribution in [0.25, 0.3) is 0 Å². The topological polar surface area (TPSA) is 21.7 Å².